The molecule has 4 atom stereocenters. The van der Waals surface area contributed by atoms with Gasteiger partial charge in [0.15, 0.2) is 11.5 Å². The fourth-order valence-electron chi connectivity index (χ4n) is 5.12. The van der Waals surface area contributed by atoms with Gasteiger partial charge in [-0.15, -0.1) is 0 Å². The molecule has 1 N–H and O–H groups in total. The van der Waals surface area contributed by atoms with Gasteiger partial charge in [-0.25, -0.2) is 0 Å². The number of hydrogen-bond acceptors (Lipinski definition) is 5. The highest BCUT2D eigenvalue weighted by Gasteiger charge is 2.40. The number of benzene rings is 1. The van der Waals surface area contributed by atoms with Crippen LogP contribution in [-0.2, 0) is 11.2 Å². The fraction of sp³-hybridized carbons (Fsp3) is 0.739. The number of methoxy groups -OCH3 is 1. The van der Waals surface area contributed by atoms with Crippen LogP contribution in [0.4, 0.5) is 0 Å². The summed E-state index contributed by atoms with van der Waals surface area (Å²) in [6, 6.07) is 4.58. The third kappa shape index (κ3) is 4.17. The number of ether oxygens (including phenoxy) is 3. The number of aliphatic hydroxyl groups is 1. The van der Waals surface area contributed by atoms with Crippen LogP contribution in [0.2, 0.25) is 0 Å². The number of rotatable bonds is 4. The zero-order chi connectivity index (χ0) is 19.9. The molecular weight excluding hydrogens is 354 g/mol. The van der Waals surface area contributed by atoms with Crippen LogP contribution >= 0.6 is 0 Å². The average Bonchev–Trinajstić information content (AvgIpc) is 3.14. The van der Waals surface area contributed by atoms with E-state index in [1.54, 1.807) is 7.11 Å². The lowest BCUT2D eigenvalue weighted by molar-refractivity contribution is -0.0259. The molecule has 0 aliphatic carbocycles. The van der Waals surface area contributed by atoms with Crippen molar-refractivity contribution in [2.75, 3.05) is 33.4 Å². The van der Waals surface area contributed by atoms with Gasteiger partial charge in [0, 0.05) is 25.6 Å². The van der Waals surface area contributed by atoms with Gasteiger partial charge in [-0.05, 0) is 53.9 Å². The molecule has 28 heavy (non-hydrogen) atoms. The largest absolute Gasteiger partial charge is 0.493 e. The van der Waals surface area contributed by atoms with Crippen molar-refractivity contribution in [1.29, 1.82) is 0 Å². The Morgan fingerprint density at radius 2 is 2.07 bits per heavy atom. The molecule has 0 amide bonds. The lowest BCUT2D eigenvalue weighted by Crippen LogP contribution is -2.48. The number of aliphatic hydroxyl groups excluding tert-OH is 1. The lowest BCUT2D eigenvalue weighted by atomic mass is 9.75. The molecule has 3 heterocycles. The summed E-state index contributed by atoms with van der Waals surface area (Å²) in [5, 5.41) is 10.9. The first-order chi connectivity index (χ1) is 13.3. The fourth-order valence-corrected chi connectivity index (χ4v) is 5.12. The molecule has 156 valence electrons. The van der Waals surface area contributed by atoms with E-state index in [2.05, 4.69) is 37.8 Å². The summed E-state index contributed by atoms with van der Waals surface area (Å²) in [5.74, 6) is 1.97. The van der Waals surface area contributed by atoms with Crippen LogP contribution in [0, 0.1) is 11.3 Å². The molecule has 5 nitrogen and oxygen atoms in total. The Labute approximate surface area is 169 Å². The van der Waals surface area contributed by atoms with Gasteiger partial charge in [0.25, 0.3) is 0 Å². The topological polar surface area (TPSA) is 51.2 Å². The predicted octanol–water partition coefficient (Wildman–Crippen LogP) is 3.58. The van der Waals surface area contributed by atoms with Crippen LogP contribution in [0.1, 0.15) is 57.2 Å². The van der Waals surface area contributed by atoms with Crippen LogP contribution in [0.3, 0.4) is 0 Å². The summed E-state index contributed by atoms with van der Waals surface area (Å²) in [6.07, 6.45) is 3.67. The Kier molecular flexibility index (Phi) is 5.60. The molecule has 2 saturated heterocycles. The Hall–Kier alpha value is -1.30. The van der Waals surface area contributed by atoms with Gasteiger partial charge in [-0.3, -0.25) is 4.90 Å². The van der Waals surface area contributed by atoms with Gasteiger partial charge >= 0.3 is 0 Å². The molecule has 0 saturated carbocycles. The minimum Gasteiger partial charge on any atom is -0.493 e. The van der Waals surface area contributed by atoms with Crippen molar-refractivity contribution in [3.05, 3.63) is 23.3 Å². The molecule has 1 aromatic carbocycles. The molecule has 0 spiro atoms. The predicted molar refractivity (Wildman–Crippen MR) is 109 cm³/mol. The smallest absolute Gasteiger partial charge is 0.162 e. The van der Waals surface area contributed by atoms with E-state index in [4.69, 9.17) is 14.2 Å². The third-order valence-corrected chi connectivity index (χ3v) is 6.43. The molecule has 4 rings (SSSR count). The Morgan fingerprint density at radius 3 is 2.75 bits per heavy atom. The van der Waals surface area contributed by atoms with E-state index in [0.29, 0.717) is 12.5 Å². The second-order valence-electron chi connectivity index (χ2n) is 9.89. The molecule has 1 aromatic rings. The summed E-state index contributed by atoms with van der Waals surface area (Å²) in [5.41, 5.74) is 2.87. The average molecular weight is 390 g/mol. The van der Waals surface area contributed by atoms with E-state index < -0.39 is 0 Å². The first-order valence-electron chi connectivity index (χ1n) is 10.7. The van der Waals surface area contributed by atoms with Gasteiger partial charge in [0.2, 0.25) is 0 Å². The maximum atomic E-state index is 10.9. The normalized spacial score (nSPS) is 30.6. The van der Waals surface area contributed by atoms with Gasteiger partial charge in [0.1, 0.15) is 6.10 Å². The quantitative estimate of drug-likeness (QED) is 0.853. The molecule has 2 fully saturated rings. The minimum absolute atomic E-state index is 0.113. The molecule has 0 aromatic heterocycles. The minimum atomic E-state index is -0.246. The summed E-state index contributed by atoms with van der Waals surface area (Å²) in [4.78, 5) is 2.57. The summed E-state index contributed by atoms with van der Waals surface area (Å²) < 4.78 is 17.3. The highest BCUT2D eigenvalue weighted by atomic mass is 16.6. The summed E-state index contributed by atoms with van der Waals surface area (Å²) >= 11 is 0. The Bertz CT molecular complexity index is 693. The molecule has 3 aliphatic heterocycles. The van der Waals surface area contributed by atoms with Crippen molar-refractivity contribution in [1.82, 2.24) is 4.90 Å². The molecule has 0 radical (unpaired) electrons. The first kappa shape index (κ1) is 20.0. The van der Waals surface area contributed by atoms with Crippen LogP contribution in [0.25, 0.3) is 0 Å². The highest BCUT2D eigenvalue weighted by Crippen LogP contribution is 2.44. The van der Waals surface area contributed by atoms with Crippen molar-refractivity contribution in [3.63, 3.8) is 0 Å². The van der Waals surface area contributed by atoms with Crippen molar-refractivity contribution in [2.24, 2.45) is 11.3 Å². The SMILES string of the molecule is COc1cc2c(cc1O[C@@H]1CCOC1)CCN1CC(CC(C)(C)C)C(O)CC21. The maximum Gasteiger partial charge on any atom is 0.162 e. The Morgan fingerprint density at radius 1 is 1.25 bits per heavy atom. The molecule has 3 aliphatic rings. The summed E-state index contributed by atoms with van der Waals surface area (Å²) in [7, 11) is 1.70. The second-order valence-corrected chi connectivity index (χ2v) is 9.89. The zero-order valence-corrected chi connectivity index (χ0v) is 17.7. The van der Waals surface area contributed by atoms with Gasteiger partial charge in [0.05, 0.1) is 26.4 Å². The standard InChI is InChI=1S/C23H35NO4/c1-23(2,3)12-16-13-24-7-5-15-9-22(28-17-6-8-27-14-17)21(26-4)10-18(15)19(24)11-20(16)25/h9-10,16-17,19-20,25H,5-8,11-14H2,1-4H3/t16?,17-,19?,20?/m1/s1. The van der Waals surface area contributed by atoms with Gasteiger partial charge in [-0.2, -0.15) is 0 Å². The maximum absolute atomic E-state index is 10.9. The van der Waals surface area contributed by atoms with Crippen molar-refractivity contribution >= 4 is 0 Å². The third-order valence-electron chi connectivity index (χ3n) is 6.43. The number of nitrogens with zero attached hydrogens (tertiary/aromatic N) is 1. The van der Waals surface area contributed by atoms with E-state index in [9.17, 15) is 5.11 Å². The van der Waals surface area contributed by atoms with E-state index in [1.165, 1.54) is 11.1 Å². The first-order valence-corrected chi connectivity index (χ1v) is 10.7. The van der Waals surface area contributed by atoms with Crippen molar-refractivity contribution in [3.8, 4) is 11.5 Å². The van der Waals surface area contributed by atoms with E-state index in [-0.39, 0.29) is 23.7 Å². The summed E-state index contributed by atoms with van der Waals surface area (Å²) in [6.45, 7) is 10.2. The zero-order valence-electron chi connectivity index (χ0n) is 17.7. The van der Waals surface area contributed by atoms with Crippen LogP contribution in [0.15, 0.2) is 12.1 Å². The van der Waals surface area contributed by atoms with E-state index in [0.717, 1.165) is 56.9 Å². The molecule has 5 heteroatoms. The number of piperidine rings is 1. The Balaban J connectivity index is 1.55. The number of fused-ring (bicyclic) bond motifs is 3. The molecule has 0 bridgehead atoms. The molecular formula is C23H35NO4. The van der Waals surface area contributed by atoms with E-state index in [1.807, 2.05) is 0 Å². The highest BCUT2D eigenvalue weighted by molar-refractivity contribution is 5.50. The number of hydrogen-bond donors (Lipinski definition) is 1. The van der Waals surface area contributed by atoms with Crippen molar-refractivity contribution < 1.29 is 19.3 Å². The van der Waals surface area contributed by atoms with Crippen LogP contribution in [-0.4, -0.2) is 55.6 Å². The monoisotopic (exact) mass is 389 g/mol. The van der Waals surface area contributed by atoms with Gasteiger partial charge < -0.3 is 19.3 Å². The van der Waals surface area contributed by atoms with Crippen molar-refractivity contribution in [2.45, 2.75) is 64.7 Å². The molecule has 3 unspecified atom stereocenters. The van der Waals surface area contributed by atoms with Crippen LogP contribution < -0.4 is 9.47 Å². The van der Waals surface area contributed by atoms with Crippen LogP contribution in [0.5, 0.6) is 11.5 Å². The second kappa shape index (κ2) is 7.85. The lowest BCUT2D eigenvalue weighted by Gasteiger charge is -2.47. The van der Waals surface area contributed by atoms with Gasteiger partial charge in [-0.1, -0.05) is 20.8 Å². The van der Waals surface area contributed by atoms with E-state index >= 15 is 0 Å².